The fourth-order valence-corrected chi connectivity index (χ4v) is 0.933. The molecule has 0 fully saturated rings. The van der Waals surface area contributed by atoms with Crippen LogP contribution in [-0.4, -0.2) is 18.1 Å². The van der Waals surface area contributed by atoms with E-state index in [1.807, 2.05) is 13.8 Å². The van der Waals surface area contributed by atoms with Gasteiger partial charge in [-0.3, -0.25) is 4.79 Å². The van der Waals surface area contributed by atoms with E-state index in [9.17, 15) is 9.59 Å². The third kappa shape index (κ3) is 2.73. The Morgan fingerprint density at radius 2 is 2.00 bits per heavy atom. The highest BCUT2D eigenvalue weighted by molar-refractivity contribution is 5.90. The van der Waals surface area contributed by atoms with Crippen molar-refractivity contribution in [1.29, 1.82) is 0 Å². The molecule has 0 atom stereocenters. The van der Waals surface area contributed by atoms with Gasteiger partial charge in [0.05, 0.1) is 7.11 Å². The summed E-state index contributed by atoms with van der Waals surface area (Å²) in [6.45, 7) is 5.68. The summed E-state index contributed by atoms with van der Waals surface area (Å²) in [5, 5.41) is 0. The number of rotatable bonds is 1. The summed E-state index contributed by atoms with van der Waals surface area (Å²) in [7, 11) is 1.24. The van der Waals surface area contributed by atoms with Crippen molar-refractivity contribution in [1.82, 2.24) is 4.98 Å². The van der Waals surface area contributed by atoms with Crippen LogP contribution in [0.2, 0.25) is 0 Å². The van der Waals surface area contributed by atoms with Crippen molar-refractivity contribution in [3.8, 4) is 0 Å². The Bertz CT molecular complexity index is 355. The van der Waals surface area contributed by atoms with E-state index in [2.05, 4.69) is 9.72 Å². The average molecular weight is 197 g/mol. The van der Waals surface area contributed by atoms with E-state index in [4.69, 9.17) is 0 Å². The van der Waals surface area contributed by atoms with Gasteiger partial charge in [-0.25, -0.2) is 4.79 Å². The number of aryl methyl sites for hydroxylation is 1. The summed E-state index contributed by atoms with van der Waals surface area (Å²) in [5.41, 5.74) is 0.271. The molecule has 0 aliphatic carbocycles. The zero-order valence-electron chi connectivity index (χ0n) is 8.88. The van der Waals surface area contributed by atoms with Gasteiger partial charge in [0.1, 0.15) is 5.56 Å². The summed E-state index contributed by atoms with van der Waals surface area (Å²) in [6, 6.07) is 1.65. The van der Waals surface area contributed by atoms with Gasteiger partial charge in [0.2, 0.25) is 0 Å². The van der Waals surface area contributed by atoms with E-state index >= 15 is 0 Å². The Balaban J connectivity index is 0.000000791. The van der Waals surface area contributed by atoms with E-state index in [-0.39, 0.29) is 5.56 Å². The van der Waals surface area contributed by atoms with Crippen molar-refractivity contribution in [2.75, 3.05) is 7.11 Å². The third-order valence-corrected chi connectivity index (χ3v) is 1.56. The molecule has 14 heavy (non-hydrogen) atoms. The molecule has 0 saturated heterocycles. The molecule has 0 aliphatic heterocycles. The van der Waals surface area contributed by atoms with E-state index in [0.29, 0.717) is 5.56 Å². The molecule has 78 valence electrons. The maximum absolute atomic E-state index is 11.1. The first-order valence-electron chi connectivity index (χ1n) is 4.43. The van der Waals surface area contributed by atoms with Gasteiger partial charge in [0.15, 0.2) is 0 Å². The second kappa shape index (κ2) is 5.96. The lowest BCUT2D eigenvalue weighted by Crippen LogP contribution is -2.19. The average Bonchev–Trinajstić information content (AvgIpc) is 2.20. The number of aromatic nitrogens is 1. The van der Waals surface area contributed by atoms with Gasteiger partial charge in [-0.2, -0.15) is 0 Å². The maximum atomic E-state index is 11.1. The Morgan fingerprint density at radius 1 is 1.43 bits per heavy atom. The summed E-state index contributed by atoms with van der Waals surface area (Å²) in [6.07, 6.45) is 1.49. The van der Waals surface area contributed by atoms with Crippen LogP contribution < -0.4 is 5.56 Å². The fraction of sp³-hybridized carbons (Fsp3) is 0.400. The molecule has 0 saturated carbocycles. The van der Waals surface area contributed by atoms with Crippen LogP contribution in [-0.2, 0) is 4.74 Å². The summed E-state index contributed by atoms with van der Waals surface area (Å²) < 4.78 is 4.44. The molecule has 0 radical (unpaired) electrons. The minimum absolute atomic E-state index is 0.0694. The Kier molecular flexibility index (Phi) is 5.29. The number of hydrogen-bond acceptors (Lipinski definition) is 3. The summed E-state index contributed by atoms with van der Waals surface area (Å²) in [4.78, 5) is 24.5. The molecule has 0 amide bonds. The molecular weight excluding hydrogens is 182 g/mol. The first-order chi connectivity index (χ1) is 6.66. The van der Waals surface area contributed by atoms with Crippen LogP contribution in [0.15, 0.2) is 17.1 Å². The lowest BCUT2D eigenvalue weighted by molar-refractivity contribution is 0.0598. The zero-order chi connectivity index (χ0) is 11.1. The number of nitrogens with one attached hydrogen (secondary N) is 1. The van der Waals surface area contributed by atoms with Gasteiger partial charge < -0.3 is 9.72 Å². The molecule has 1 heterocycles. The first kappa shape index (κ1) is 12.4. The highest BCUT2D eigenvalue weighted by Gasteiger charge is 2.12. The van der Waals surface area contributed by atoms with Crippen LogP contribution in [0.1, 0.15) is 29.8 Å². The Labute approximate surface area is 82.9 Å². The lowest BCUT2D eigenvalue weighted by Gasteiger charge is -2.00. The smallest absolute Gasteiger partial charge is 0.343 e. The van der Waals surface area contributed by atoms with Crippen LogP contribution >= 0.6 is 0 Å². The Morgan fingerprint density at radius 3 is 2.43 bits per heavy atom. The minimum atomic E-state index is -0.602. The van der Waals surface area contributed by atoms with Gasteiger partial charge in [-0.15, -0.1) is 0 Å². The number of ether oxygens (including phenoxy) is 1. The predicted molar refractivity (Wildman–Crippen MR) is 54.5 cm³/mol. The van der Waals surface area contributed by atoms with Crippen molar-refractivity contribution in [2.24, 2.45) is 0 Å². The molecule has 1 aromatic heterocycles. The topological polar surface area (TPSA) is 59.2 Å². The molecule has 1 rings (SSSR count). The van der Waals surface area contributed by atoms with Crippen LogP contribution in [0, 0.1) is 6.92 Å². The van der Waals surface area contributed by atoms with Crippen LogP contribution in [0.25, 0.3) is 0 Å². The minimum Gasteiger partial charge on any atom is -0.465 e. The standard InChI is InChI=1S/C8H9NO3.C2H6/c1-5-3-4-9-7(10)6(5)8(11)12-2;1-2/h3-4H,1-2H3,(H,9,10);1-2H3. The van der Waals surface area contributed by atoms with E-state index in [1.54, 1.807) is 13.0 Å². The van der Waals surface area contributed by atoms with Crippen molar-refractivity contribution in [3.05, 3.63) is 33.7 Å². The van der Waals surface area contributed by atoms with Crippen molar-refractivity contribution in [3.63, 3.8) is 0 Å². The van der Waals surface area contributed by atoms with Crippen molar-refractivity contribution < 1.29 is 9.53 Å². The molecule has 0 aliphatic rings. The quantitative estimate of drug-likeness (QED) is 0.694. The number of aromatic amines is 1. The number of carbonyl (C=O) groups excluding carboxylic acids is 1. The summed E-state index contributed by atoms with van der Waals surface area (Å²) in [5.74, 6) is -0.602. The number of H-pyrrole nitrogens is 1. The molecular formula is C10H15NO3. The van der Waals surface area contributed by atoms with Gasteiger partial charge >= 0.3 is 5.97 Å². The number of esters is 1. The third-order valence-electron chi connectivity index (χ3n) is 1.56. The molecule has 4 heteroatoms. The molecule has 0 spiro atoms. The van der Waals surface area contributed by atoms with Crippen molar-refractivity contribution >= 4 is 5.97 Å². The van der Waals surface area contributed by atoms with Crippen LogP contribution in [0.3, 0.4) is 0 Å². The van der Waals surface area contributed by atoms with Crippen LogP contribution in [0.5, 0.6) is 0 Å². The van der Waals surface area contributed by atoms with Crippen LogP contribution in [0.4, 0.5) is 0 Å². The maximum Gasteiger partial charge on any atom is 0.343 e. The van der Waals surface area contributed by atoms with Gasteiger partial charge in [0, 0.05) is 6.20 Å². The second-order valence-electron chi connectivity index (χ2n) is 2.36. The fourth-order valence-electron chi connectivity index (χ4n) is 0.933. The summed E-state index contributed by atoms with van der Waals surface area (Å²) >= 11 is 0. The first-order valence-corrected chi connectivity index (χ1v) is 4.43. The zero-order valence-corrected chi connectivity index (χ0v) is 8.88. The highest BCUT2D eigenvalue weighted by Crippen LogP contribution is 2.00. The molecule has 1 N–H and O–H groups in total. The SMILES string of the molecule is CC.COC(=O)c1c(C)cc[nH]c1=O. The number of carbonyl (C=O) groups is 1. The molecule has 1 aromatic rings. The van der Waals surface area contributed by atoms with E-state index in [1.165, 1.54) is 13.3 Å². The Hall–Kier alpha value is -1.58. The highest BCUT2D eigenvalue weighted by atomic mass is 16.5. The normalized spacial score (nSPS) is 8.57. The molecule has 0 unspecified atom stereocenters. The number of hydrogen-bond donors (Lipinski definition) is 1. The lowest BCUT2D eigenvalue weighted by atomic mass is 10.1. The van der Waals surface area contributed by atoms with Gasteiger partial charge in [0.25, 0.3) is 5.56 Å². The van der Waals surface area contributed by atoms with E-state index < -0.39 is 11.5 Å². The monoisotopic (exact) mass is 197 g/mol. The largest absolute Gasteiger partial charge is 0.465 e. The molecule has 0 bridgehead atoms. The predicted octanol–water partition coefficient (Wildman–Crippen LogP) is 1.50. The van der Waals surface area contributed by atoms with Gasteiger partial charge in [-0.05, 0) is 18.6 Å². The molecule has 0 aromatic carbocycles. The van der Waals surface area contributed by atoms with Gasteiger partial charge in [-0.1, -0.05) is 13.8 Å². The number of pyridine rings is 1. The second-order valence-corrected chi connectivity index (χ2v) is 2.36. The molecule has 4 nitrogen and oxygen atoms in total. The van der Waals surface area contributed by atoms with E-state index in [0.717, 1.165) is 0 Å². The number of methoxy groups -OCH3 is 1. The van der Waals surface area contributed by atoms with Crippen molar-refractivity contribution in [2.45, 2.75) is 20.8 Å².